The third kappa shape index (κ3) is 22.8. The average molecular weight is 261 g/mol. The molecule has 0 unspecified atom stereocenters. The molecule has 0 saturated carbocycles. The zero-order chi connectivity index (χ0) is 10.7. The highest BCUT2D eigenvalue weighted by molar-refractivity contribution is 6.18. The van der Waals surface area contributed by atoms with E-state index >= 15 is 0 Å². The van der Waals surface area contributed by atoms with Crippen LogP contribution in [0.25, 0.3) is 0 Å². The van der Waals surface area contributed by atoms with Crippen molar-refractivity contribution in [2.45, 2.75) is 6.92 Å². The van der Waals surface area contributed by atoms with Gasteiger partial charge in [-0.05, 0) is 14.0 Å². The molecular formula is C10H20Cl3N. The molecule has 0 aliphatic rings. The molecule has 0 fully saturated rings. The number of hydrogen-bond donors (Lipinski definition) is 0. The predicted octanol–water partition coefficient (Wildman–Crippen LogP) is 3.57. The van der Waals surface area contributed by atoms with Crippen molar-refractivity contribution in [1.29, 1.82) is 0 Å². The van der Waals surface area contributed by atoms with E-state index in [2.05, 4.69) is 18.1 Å². The molecule has 0 atom stereocenters. The Morgan fingerprint density at radius 1 is 1.29 bits per heavy atom. The van der Waals surface area contributed by atoms with E-state index in [4.69, 9.17) is 23.2 Å². The van der Waals surface area contributed by atoms with E-state index in [-0.39, 0.29) is 12.4 Å². The molecule has 1 nitrogen and oxygen atoms in total. The fourth-order valence-electron chi connectivity index (χ4n) is 0.400. The topological polar surface area (TPSA) is 3.24 Å². The van der Waals surface area contributed by atoms with Gasteiger partial charge in [-0.25, -0.2) is 0 Å². The van der Waals surface area contributed by atoms with Gasteiger partial charge in [-0.1, -0.05) is 24.8 Å². The van der Waals surface area contributed by atoms with Crippen molar-refractivity contribution in [2.75, 3.05) is 31.9 Å². The van der Waals surface area contributed by atoms with E-state index in [9.17, 15) is 0 Å². The van der Waals surface area contributed by atoms with Gasteiger partial charge in [-0.2, -0.15) is 0 Å². The molecule has 0 saturated heterocycles. The van der Waals surface area contributed by atoms with Crippen LogP contribution in [0.4, 0.5) is 0 Å². The number of halogens is 3. The maximum Gasteiger partial charge on any atom is 0.0351 e. The quantitative estimate of drug-likeness (QED) is 0.540. The fraction of sp³-hybridized carbons (Fsp3) is 0.600. The van der Waals surface area contributed by atoms with Gasteiger partial charge in [0, 0.05) is 24.8 Å². The molecule has 14 heavy (non-hydrogen) atoms. The first-order valence-electron chi connectivity index (χ1n) is 4.16. The minimum Gasteiger partial charge on any atom is -0.304 e. The van der Waals surface area contributed by atoms with Crippen molar-refractivity contribution in [1.82, 2.24) is 4.90 Å². The van der Waals surface area contributed by atoms with Gasteiger partial charge in [0.1, 0.15) is 0 Å². The Morgan fingerprint density at radius 2 is 1.57 bits per heavy atom. The first-order valence-corrected chi connectivity index (χ1v) is 5.23. The Morgan fingerprint density at radius 3 is 1.71 bits per heavy atom. The SMILES string of the molecule is C=CC(=C)C.CN(CCCl)CCCl.Cl. The zero-order valence-corrected chi connectivity index (χ0v) is 11.3. The smallest absolute Gasteiger partial charge is 0.0351 e. The fourth-order valence-corrected chi connectivity index (χ4v) is 0.977. The highest BCUT2D eigenvalue weighted by Crippen LogP contribution is 1.85. The van der Waals surface area contributed by atoms with Crippen LogP contribution in [-0.4, -0.2) is 36.8 Å². The average Bonchev–Trinajstić information content (AvgIpc) is 2.06. The van der Waals surface area contributed by atoms with Crippen molar-refractivity contribution in [3.05, 3.63) is 24.8 Å². The summed E-state index contributed by atoms with van der Waals surface area (Å²) in [6, 6.07) is 0. The summed E-state index contributed by atoms with van der Waals surface area (Å²) in [5, 5.41) is 0. The van der Waals surface area contributed by atoms with E-state index in [1.165, 1.54) is 0 Å². The summed E-state index contributed by atoms with van der Waals surface area (Å²) in [7, 11) is 2.00. The van der Waals surface area contributed by atoms with Gasteiger partial charge < -0.3 is 4.90 Å². The predicted molar refractivity (Wildman–Crippen MR) is 71.2 cm³/mol. The third-order valence-corrected chi connectivity index (χ3v) is 1.62. The van der Waals surface area contributed by atoms with Crippen LogP contribution < -0.4 is 0 Å². The molecular weight excluding hydrogens is 240 g/mol. The van der Waals surface area contributed by atoms with Crippen LogP contribution in [-0.2, 0) is 0 Å². The first kappa shape index (κ1) is 19.8. The standard InChI is InChI=1S/C5H11Cl2N.C5H8.ClH/c1-8(4-2-6)5-3-7;1-4-5(2)3;/h2-5H2,1H3;4H,1-2H2,3H3;1H. The molecule has 0 aromatic carbocycles. The minimum atomic E-state index is 0. The lowest BCUT2D eigenvalue weighted by molar-refractivity contribution is 0.378. The van der Waals surface area contributed by atoms with E-state index in [1.807, 2.05) is 14.0 Å². The van der Waals surface area contributed by atoms with E-state index in [0.717, 1.165) is 18.7 Å². The second kappa shape index (κ2) is 15.8. The van der Waals surface area contributed by atoms with Gasteiger partial charge in [-0.15, -0.1) is 35.6 Å². The van der Waals surface area contributed by atoms with Crippen molar-refractivity contribution in [2.24, 2.45) is 0 Å². The number of rotatable bonds is 5. The van der Waals surface area contributed by atoms with E-state index < -0.39 is 0 Å². The van der Waals surface area contributed by atoms with Crippen LogP contribution in [0.15, 0.2) is 24.8 Å². The Hall–Kier alpha value is 0.310. The monoisotopic (exact) mass is 259 g/mol. The maximum atomic E-state index is 5.45. The number of allylic oxidation sites excluding steroid dienone is 2. The molecule has 0 bridgehead atoms. The van der Waals surface area contributed by atoms with Crippen molar-refractivity contribution in [3.8, 4) is 0 Å². The lowest BCUT2D eigenvalue weighted by Gasteiger charge is -2.11. The molecule has 0 rings (SSSR count). The summed E-state index contributed by atoms with van der Waals surface area (Å²) in [4.78, 5) is 2.10. The Labute approximate surface area is 104 Å². The molecule has 0 aromatic heterocycles. The van der Waals surface area contributed by atoms with Crippen LogP contribution in [0.1, 0.15) is 6.92 Å². The second-order valence-corrected chi connectivity index (χ2v) is 3.49. The van der Waals surface area contributed by atoms with Crippen LogP contribution in [0.3, 0.4) is 0 Å². The minimum absolute atomic E-state index is 0. The summed E-state index contributed by atoms with van der Waals surface area (Å²) in [5.74, 6) is 1.38. The lowest BCUT2D eigenvalue weighted by Crippen LogP contribution is -2.22. The molecule has 0 aliphatic heterocycles. The summed E-state index contributed by atoms with van der Waals surface area (Å²) in [6.45, 7) is 10.8. The first-order chi connectivity index (χ1) is 6.08. The molecule has 86 valence electrons. The van der Waals surface area contributed by atoms with Gasteiger partial charge in [0.05, 0.1) is 0 Å². The Kier molecular flexibility index (Phi) is 22.3. The summed E-state index contributed by atoms with van der Waals surface area (Å²) < 4.78 is 0. The largest absolute Gasteiger partial charge is 0.304 e. The highest BCUT2D eigenvalue weighted by atomic mass is 35.5. The molecule has 4 heteroatoms. The summed E-state index contributed by atoms with van der Waals surface area (Å²) in [5.41, 5.74) is 1.02. The molecule has 0 aliphatic carbocycles. The van der Waals surface area contributed by atoms with Crippen molar-refractivity contribution < 1.29 is 0 Å². The molecule has 0 spiro atoms. The number of nitrogens with zero attached hydrogens (tertiary/aromatic N) is 1. The van der Waals surface area contributed by atoms with Crippen LogP contribution in [0, 0.1) is 0 Å². The van der Waals surface area contributed by atoms with Crippen molar-refractivity contribution >= 4 is 35.6 Å². The molecule has 0 amide bonds. The third-order valence-electron chi connectivity index (χ3n) is 1.28. The van der Waals surface area contributed by atoms with Crippen LogP contribution in [0.5, 0.6) is 0 Å². The molecule has 0 heterocycles. The van der Waals surface area contributed by atoms with E-state index in [1.54, 1.807) is 6.08 Å². The number of hydrogen-bond acceptors (Lipinski definition) is 1. The zero-order valence-electron chi connectivity index (χ0n) is 8.93. The van der Waals surface area contributed by atoms with Gasteiger partial charge in [0.25, 0.3) is 0 Å². The Balaban J connectivity index is -0.000000177. The number of alkyl halides is 2. The normalized spacial score (nSPS) is 8.36. The lowest BCUT2D eigenvalue weighted by atomic mass is 10.4. The van der Waals surface area contributed by atoms with Crippen LogP contribution in [0.2, 0.25) is 0 Å². The highest BCUT2D eigenvalue weighted by Gasteiger charge is 1.92. The van der Waals surface area contributed by atoms with Gasteiger partial charge in [0.2, 0.25) is 0 Å². The molecule has 0 aromatic rings. The van der Waals surface area contributed by atoms with Gasteiger partial charge >= 0.3 is 0 Å². The second-order valence-electron chi connectivity index (χ2n) is 2.73. The van der Waals surface area contributed by atoms with Crippen molar-refractivity contribution in [3.63, 3.8) is 0 Å². The molecule has 0 N–H and O–H groups in total. The molecule has 0 radical (unpaired) electrons. The summed E-state index contributed by atoms with van der Waals surface area (Å²) in [6.07, 6.45) is 1.72. The maximum absolute atomic E-state index is 5.45. The van der Waals surface area contributed by atoms with E-state index in [0.29, 0.717) is 11.8 Å². The Bertz CT molecular complexity index is 131. The van der Waals surface area contributed by atoms with Gasteiger partial charge in [0.15, 0.2) is 0 Å². The van der Waals surface area contributed by atoms with Gasteiger partial charge in [-0.3, -0.25) is 0 Å². The van der Waals surface area contributed by atoms with Crippen LogP contribution >= 0.6 is 35.6 Å². The summed E-state index contributed by atoms with van der Waals surface area (Å²) >= 11 is 10.9.